The molecular formula is C29H23F3N4O4S. The lowest BCUT2D eigenvalue weighted by atomic mass is 10.1. The summed E-state index contributed by atoms with van der Waals surface area (Å²) in [6.07, 6.45) is 1.09. The molecule has 2 aromatic heterocycles. The van der Waals surface area contributed by atoms with Gasteiger partial charge in [0.25, 0.3) is 0 Å². The van der Waals surface area contributed by atoms with Crippen LogP contribution in [0.4, 0.5) is 24.0 Å². The number of halogens is 3. The van der Waals surface area contributed by atoms with Crippen molar-refractivity contribution >= 4 is 49.2 Å². The summed E-state index contributed by atoms with van der Waals surface area (Å²) in [4.78, 5) is 33.3. The van der Waals surface area contributed by atoms with Crippen LogP contribution in [-0.4, -0.2) is 53.4 Å². The molecule has 0 amide bonds. The maximum atomic E-state index is 15.8. The lowest BCUT2D eigenvalue weighted by molar-refractivity contribution is -0.0488. The van der Waals surface area contributed by atoms with Gasteiger partial charge < -0.3 is 24.2 Å². The standard InChI is InChI=1S/C29H23F3N4O4S/c30-20-14-18-23(36(15-17-6-2-1-3-7-17)16-19(25(18)37)27(38)39)26(40-28(31)32)24(20)34-10-12-35(13-11-34)29-33-21-8-4-5-9-22(21)41-29/h1-9,14,16,28H,10-13,15H2,(H,38,39). The summed E-state index contributed by atoms with van der Waals surface area (Å²) in [5.74, 6) is -2.97. The number of piperazine rings is 1. The number of benzene rings is 3. The number of para-hydroxylation sites is 1. The number of carbonyl (C=O) groups is 1. The minimum atomic E-state index is -3.32. The fourth-order valence-electron chi connectivity index (χ4n) is 5.16. The van der Waals surface area contributed by atoms with Gasteiger partial charge in [0, 0.05) is 38.9 Å². The molecule has 12 heteroatoms. The lowest BCUT2D eigenvalue weighted by Crippen LogP contribution is -2.47. The molecule has 3 heterocycles. The first-order chi connectivity index (χ1) is 19.8. The monoisotopic (exact) mass is 580 g/mol. The third-order valence-electron chi connectivity index (χ3n) is 7.03. The van der Waals surface area contributed by atoms with Gasteiger partial charge in [-0.05, 0) is 23.8 Å². The van der Waals surface area contributed by atoms with Crippen molar-refractivity contribution < 1.29 is 27.8 Å². The predicted octanol–water partition coefficient (Wildman–Crippen LogP) is 5.42. The molecule has 3 aromatic carbocycles. The van der Waals surface area contributed by atoms with Crippen LogP contribution in [0.3, 0.4) is 0 Å². The van der Waals surface area contributed by atoms with Crippen LogP contribution < -0.4 is 20.0 Å². The van der Waals surface area contributed by atoms with Crippen LogP contribution in [0.15, 0.2) is 71.7 Å². The number of ether oxygens (including phenoxy) is 1. The average molecular weight is 581 g/mol. The number of thiazole rings is 1. The first-order valence-electron chi connectivity index (χ1n) is 12.8. The molecule has 210 valence electrons. The van der Waals surface area contributed by atoms with Crippen molar-refractivity contribution in [2.45, 2.75) is 13.2 Å². The Morgan fingerprint density at radius 1 is 1.02 bits per heavy atom. The Balaban J connectivity index is 1.44. The molecule has 6 rings (SSSR count). The van der Waals surface area contributed by atoms with Gasteiger partial charge in [-0.15, -0.1) is 0 Å². The fraction of sp³-hybridized carbons (Fsp3) is 0.207. The number of alkyl halides is 2. The Labute approximate surface area is 235 Å². The van der Waals surface area contributed by atoms with Gasteiger partial charge in [-0.25, -0.2) is 14.2 Å². The van der Waals surface area contributed by atoms with E-state index in [1.807, 2.05) is 24.3 Å². The van der Waals surface area contributed by atoms with Gasteiger partial charge in [-0.3, -0.25) is 4.79 Å². The van der Waals surface area contributed by atoms with E-state index >= 15 is 4.39 Å². The van der Waals surface area contributed by atoms with Gasteiger partial charge in [-0.1, -0.05) is 53.8 Å². The van der Waals surface area contributed by atoms with Crippen LogP contribution in [0.2, 0.25) is 0 Å². The van der Waals surface area contributed by atoms with Crippen molar-refractivity contribution in [1.29, 1.82) is 0 Å². The molecular weight excluding hydrogens is 557 g/mol. The van der Waals surface area contributed by atoms with Gasteiger partial charge in [0.05, 0.1) is 21.1 Å². The van der Waals surface area contributed by atoms with Crippen molar-refractivity contribution in [2.24, 2.45) is 0 Å². The molecule has 0 saturated carbocycles. The Bertz CT molecular complexity index is 1790. The van der Waals surface area contributed by atoms with Crippen molar-refractivity contribution in [3.63, 3.8) is 0 Å². The molecule has 1 aliphatic heterocycles. The van der Waals surface area contributed by atoms with E-state index in [0.717, 1.165) is 27.6 Å². The van der Waals surface area contributed by atoms with Crippen molar-refractivity contribution in [1.82, 2.24) is 9.55 Å². The quantitative estimate of drug-likeness (QED) is 0.275. The molecule has 0 atom stereocenters. The number of carboxylic acid groups (broad SMARTS) is 1. The number of fused-ring (bicyclic) bond motifs is 2. The van der Waals surface area contributed by atoms with Crippen LogP contribution in [0.25, 0.3) is 21.1 Å². The first-order valence-corrected chi connectivity index (χ1v) is 13.6. The van der Waals surface area contributed by atoms with Crippen LogP contribution in [-0.2, 0) is 6.54 Å². The van der Waals surface area contributed by atoms with Crippen molar-refractivity contribution in [3.05, 3.63) is 94.0 Å². The van der Waals surface area contributed by atoms with Gasteiger partial charge in [0.1, 0.15) is 11.3 Å². The van der Waals surface area contributed by atoms with Crippen molar-refractivity contribution in [3.8, 4) is 5.75 Å². The SMILES string of the molecule is O=C(O)c1cn(Cc2ccccc2)c2c(OC(F)F)c(N3CCN(c4nc5ccccc5s4)CC3)c(F)cc2c1=O. The summed E-state index contributed by atoms with van der Waals surface area (Å²) in [5.41, 5.74) is -0.303. The van der Waals surface area contributed by atoms with E-state index in [4.69, 9.17) is 4.74 Å². The van der Waals surface area contributed by atoms with E-state index < -0.39 is 35.1 Å². The molecule has 0 unspecified atom stereocenters. The predicted molar refractivity (Wildman–Crippen MR) is 151 cm³/mol. The molecule has 0 spiro atoms. The van der Waals surface area contributed by atoms with Gasteiger partial charge >= 0.3 is 12.6 Å². The summed E-state index contributed by atoms with van der Waals surface area (Å²) in [5, 5.41) is 10.1. The molecule has 1 aliphatic rings. The number of rotatable bonds is 7. The van der Waals surface area contributed by atoms with Crippen LogP contribution >= 0.6 is 11.3 Å². The third-order valence-corrected chi connectivity index (χ3v) is 8.12. The van der Waals surface area contributed by atoms with Gasteiger partial charge in [0.15, 0.2) is 16.7 Å². The highest BCUT2D eigenvalue weighted by Crippen LogP contribution is 2.40. The number of carboxylic acids is 1. The Kier molecular flexibility index (Phi) is 7.00. The first kappa shape index (κ1) is 26.6. The number of nitrogens with zero attached hydrogens (tertiary/aromatic N) is 4. The maximum Gasteiger partial charge on any atom is 0.387 e. The molecule has 41 heavy (non-hydrogen) atoms. The minimum absolute atomic E-state index is 0.0357. The van der Waals surface area contributed by atoms with Gasteiger partial charge in [-0.2, -0.15) is 8.78 Å². The lowest BCUT2D eigenvalue weighted by Gasteiger charge is -2.37. The number of hydrogen-bond acceptors (Lipinski definition) is 7. The van der Waals surface area contributed by atoms with E-state index in [0.29, 0.717) is 18.7 Å². The molecule has 1 fully saturated rings. The highest BCUT2D eigenvalue weighted by Gasteiger charge is 2.30. The molecule has 0 bridgehead atoms. The van der Waals surface area contributed by atoms with E-state index in [1.165, 1.54) is 15.9 Å². The average Bonchev–Trinajstić information content (AvgIpc) is 3.39. The topological polar surface area (TPSA) is 87.9 Å². The largest absolute Gasteiger partial charge is 0.477 e. The summed E-state index contributed by atoms with van der Waals surface area (Å²) in [6.45, 7) is -1.85. The Hall–Kier alpha value is -4.58. The maximum absolute atomic E-state index is 15.8. The number of anilines is 2. The van der Waals surface area contributed by atoms with E-state index in [2.05, 4.69) is 9.88 Å². The molecule has 0 aliphatic carbocycles. The zero-order valence-corrected chi connectivity index (χ0v) is 22.3. The number of aromatic carboxylic acids is 1. The number of aromatic nitrogens is 2. The second kappa shape index (κ2) is 10.8. The Morgan fingerprint density at radius 2 is 1.71 bits per heavy atom. The number of pyridine rings is 1. The smallest absolute Gasteiger partial charge is 0.387 e. The minimum Gasteiger partial charge on any atom is -0.477 e. The van der Waals surface area contributed by atoms with Crippen LogP contribution in [0.5, 0.6) is 5.75 Å². The zero-order chi connectivity index (χ0) is 28.7. The number of hydrogen-bond donors (Lipinski definition) is 1. The fourth-order valence-corrected chi connectivity index (χ4v) is 6.18. The zero-order valence-electron chi connectivity index (χ0n) is 21.5. The normalized spacial score (nSPS) is 13.9. The summed E-state index contributed by atoms with van der Waals surface area (Å²) < 4.78 is 50.7. The molecule has 5 aromatic rings. The van der Waals surface area contributed by atoms with E-state index in [9.17, 15) is 23.5 Å². The summed E-state index contributed by atoms with van der Waals surface area (Å²) in [7, 11) is 0. The van der Waals surface area contributed by atoms with Crippen molar-refractivity contribution in [2.75, 3.05) is 36.0 Å². The molecule has 0 radical (unpaired) electrons. The molecule has 1 saturated heterocycles. The second-order valence-corrected chi connectivity index (χ2v) is 10.5. The second-order valence-electron chi connectivity index (χ2n) is 9.54. The molecule has 8 nitrogen and oxygen atoms in total. The van der Waals surface area contributed by atoms with Crippen LogP contribution in [0.1, 0.15) is 15.9 Å². The third kappa shape index (κ3) is 5.06. The molecule has 1 N–H and O–H groups in total. The highest BCUT2D eigenvalue weighted by molar-refractivity contribution is 7.22. The van der Waals surface area contributed by atoms with Crippen LogP contribution in [0, 0.1) is 5.82 Å². The van der Waals surface area contributed by atoms with E-state index in [1.54, 1.807) is 35.2 Å². The van der Waals surface area contributed by atoms with Gasteiger partial charge in [0.2, 0.25) is 5.43 Å². The van der Waals surface area contributed by atoms with E-state index in [-0.39, 0.29) is 36.2 Å². The summed E-state index contributed by atoms with van der Waals surface area (Å²) >= 11 is 1.54. The summed E-state index contributed by atoms with van der Waals surface area (Å²) in [6, 6.07) is 17.5. The Morgan fingerprint density at radius 3 is 2.39 bits per heavy atom. The highest BCUT2D eigenvalue weighted by atomic mass is 32.1.